The Balaban J connectivity index is 1.58. The molecule has 174 valence electrons. The van der Waals surface area contributed by atoms with Crippen molar-refractivity contribution >= 4 is 11.9 Å². The Morgan fingerprint density at radius 3 is 2.19 bits per heavy atom. The number of fused-ring (bicyclic) bond motifs is 5. The Morgan fingerprint density at radius 2 is 1.58 bits per heavy atom. The molecule has 0 radical (unpaired) electrons. The molecule has 0 aromatic carbocycles. The molecule has 0 spiro atoms. The third-order valence-electron chi connectivity index (χ3n) is 10.2. The van der Waals surface area contributed by atoms with Gasteiger partial charge in [0.05, 0.1) is 0 Å². The fourth-order valence-corrected chi connectivity index (χ4v) is 8.73. The van der Waals surface area contributed by atoms with Crippen LogP contribution in [-0.2, 0) is 9.59 Å². The molecule has 1 N–H and O–H groups in total. The van der Waals surface area contributed by atoms with Gasteiger partial charge in [-0.15, -0.1) is 0 Å². The van der Waals surface area contributed by atoms with E-state index in [4.69, 9.17) is 0 Å². The highest BCUT2D eigenvalue weighted by atomic mass is 16.4. The van der Waals surface area contributed by atoms with Gasteiger partial charge in [-0.2, -0.15) is 0 Å². The summed E-state index contributed by atoms with van der Waals surface area (Å²) in [5.74, 6) is 2.26. The highest BCUT2D eigenvalue weighted by Gasteiger charge is 2.61. The maximum Gasteiger partial charge on any atom is 0.331 e. The van der Waals surface area contributed by atoms with E-state index in [1.54, 1.807) is 0 Å². The minimum Gasteiger partial charge on any atom is -0.478 e. The van der Waals surface area contributed by atoms with Gasteiger partial charge in [-0.05, 0) is 114 Å². The van der Waals surface area contributed by atoms with Gasteiger partial charge in [0.15, 0.2) is 0 Å². The van der Waals surface area contributed by atoms with E-state index in [1.165, 1.54) is 19.3 Å². The lowest BCUT2D eigenvalue weighted by Crippen LogP contribution is -2.54. The van der Waals surface area contributed by atoms with Crippen LogP contribution in [-0.4, -0.2) is 34.0 Å². The van der Waals surface area contributed by atoms with Crippen LogP contribution in [0.15, 0.2) is 11.6 Å². The first kappa shape index (κ1) is 22.9. The molecule has 4 nitrogen and oxygen atoms in total. The molecule has 1 amide bonds. The fraction of sp³-hybridized carbons (Fsp3) is 0.852. The number of hydrogen-bond donors (Lipinski definition) is 1. The molecule has 0 aromatic rings. The molecular formula is C27H43NO3. The molecule has 3 fully saturated rings. The normalized spacial score (nSPS) is 41.9. The van der Waals surface area contributed by atoms with E-state index in [9.17, 15) is 14.7 Å². The molecule has 3 saturated carbocycles. The average Bonchev–Trinajstić information content (AvgIpc) is 3.03. The first-order valence-electron chi connectivity index (χ1n) is 12.8. The highest BCUT2D eigenvalue weighted by molar-refractivity contribution is 5.86. The van der Waals surface area contributed by atoms with Gasteiger partial charge in [0, 0.05) is 23.6 Å². The number of carbonyl (C=O) groups excluding carboxylic acids is 1. The zero-order valence-corrected chi connectivity index (χ0v) is 20.5. The molecule has 2 unspecified atom stereocenters. The SMILES string of the molecule is CC(C)N(C(=O)C1CC[C@H]2[C@@H]3CCC4C=C(C(=O)O)CC[C@]4(C)[C@@H]3CC[C@]12C)C(C)C. The first-order valence-corrected chi connectivity index (χ1v) is 12.8. The number of carboxylic acid groups (broad SMARTS) is 1. The monoisotopic (exact) mass is 429 g/mol. The van der Waals surface area contributed by atoms with Crippen molar-refractivity contribution in [2.24, 2.45) is 40.4 Å². The Hall–Kier alpha value is -1.32. The summed E-state index contributed by atoms with van der Waals surface area (Å²) in [7, 11) is 0. The topological polar surface area (TPSA) is 57.6 Å². The van der Waals surface area contributed by atoms with Gasteiger partial charge < -0.3 is 10.0 Å². The van der Waals surface area contributed by atoms with E-state index in [0.29, 0.717) is 41.6 Å². The first-order chi connectivity index (χ1) is 14.5. The van der Waals surface area contributed by atoms with E-state index in [1.807, 2.05) is 0 Å². The molecule has 4 aliphatic rings. The predicted octanol–water partition coefficient (Wildman–Crippen LogP) is 5.91. The molecule has 7 atom stereocenters. The largest absolute Gasteiger partial charge is 0.478 e. The van der Waals surface area contributed by atoms with Crippen LogP contribution in [0.3, 0.4) is 0 Å². The standard InChI is InChI=1S/C27H43NO3/c1-16(2)28(17(3)4)24(29)23-10-9-21-20-8-7-19-15-18(25(30)31)11-13-26(19,5)22(20)12-14-27(21,23)6/h15-17,19-23H,7-14H2,1-6H3,(H,30,31)/t19?,20-,21-,22+,23?,26-,27-/m0/s1. The van der Waals surface area contributed by atoms with Crippen molar-refractivity contribution in [1.29, 1.82) is 0 Å². The Labute approximate surface area is 188 Å². The number of nitrogens with zero attached hydrogens (tertiary/aromatic N) is 1. The second-order valence-corrected chi connectivity index (χ2v) is 12.2. The summed E-state index contributed by atoms with van der Waals surface area (Å²) >= 11 is 0. The van der Waals surface area contributed by atoms with Gasteiger partial charge in [-0.3, -0.25) is 4.79 Å². The number of allylic oxidation sites excluding steroid dienone is 1. The predicted molar refractivity (Wildman–Crippen MR) is 123 cm³/mol. The minimum absolute atomic E-state index is 0.125. The van der Waals surface area contributed by atoms with Gasteiger partial charge >= 0.3 is 5.97 Å². The second-order valence-electron chi connectivity index (χ2n) is 12.2. The molecule has 0 aliphatic heterocycles. The van der Waals surface area contributed by atoms with Gasteiger partial charge in [-0.1, -0.05) is 19.9 Å². The van der Waals surface area contributed by atoms with E-state index >= 15 is 0 Å². The summed E-state index contributed by atoms with van der Waals surface area (Å²) in [5, 5.41) is 9.50. The highest BCUT2D eigenvalue weighted by Crippen LogP contribution is 2.67. The third kappa shape index (κ3) is 3.47. The van der Waals surface area contributed by atoms with Crippen LogP contribution < -0.4 is 0 Å². The van der Waals surface area contributed by atoms with Gasteiger partial charge in [0.1, 0.15) is 0 Å². The van der Waals surface area contributed by atoms with Crippen molar-refractivity contribution in [3.63, 3.8) is 0 Å². The number of amides is 1. The zero-order valence-electron chi connectivity index (χ0n) is 20.5. The summed E-state index contributed by atoms with van der Waals surface area (Å²) in [4.78, 5) is 27.4. The van der Waals surface area contributed by atoms with Crippen LogP contribution in [0.25, 0.3) is 0 Å². The third-order valence-corrected chi connectivity index (χ3v) is 10.2. The molecule has 0 bridgehead atoms. The van der Waals surface area contributed by atoms with Crippen molar-refractivity contribution < 1.29 is 14.7 Å². The van der Waals surface area contributed by atoms with Gasteiger partial charge in [0.25, 0.3) is 0 Å². The number of aliphatic carboxylic acids is 1. The summed E-state index contributed by atoms with van der Waals surface area (Å²) < 4.78 is 0. The number of hydrogen-bond acceptors (Lipinski definition) is 2. The molecule has 4 heteroatoms. The van der Waals surface area contributed by atoms with Crippen molar-refractivity contribution in [2.75, 3.05) is 0 Å². The van der Waals surface area contributed by atoms with Crippen LogP contribution in [0.5, 0.6) is 0 Å². The molecule has 0 aromatic heterocycles. The Kier molecular flexibility index (Phi) is 5.84. The lowest BCUT2D eigenvalue weighted by Gasteiger charge is -2.59. The fourth-order valence-electron chi connectivity index (χ4n) is 8.73. The minimum atomic E-state index is -0.725. The van der Waals surface area contributed by atoms with Crippen LogP contribution in [0.4, 0.5) is 0 Å². The molecule has 4 rings (SSSR count). The summed E-state index contributed by atoms with van der Waals surface area (Å²) in [6.45, 7) is 13.5. The van der Waals surface area contributed by atoms with E-state index in [2.05, 4.69) is 52.5 Å². The van der Waals surface area contributed by atoms with Crippen molar-refractivity contribution in [3.05, 3.63) is 11.6 Å². The maximum atomic E-state index is 13.7. The Morgan fingerprint density at radius 1 is 0.935 bits per heavy atom. The number of carboxylic acids is 1. The van der Waals surface area contributed by atoms with Gasteiger partial charge in [-0.25, -0.2) is 4.79 Å². The number of rotatable bonds is 4. The van der Waals surface area contributed by atoms with Crippen LogP contribution >= 0.6 is 0 Å². The Bertz CT molecular complexity index is 762. The molecular weight excluding hydrogens is 386 g/mol. The lowest BCUT2D eigenvalue weighted by atomic mass is 9.45. The average molecular weight is 430 g/mol. The molecule has 31 heavy (non-hydrogen) atoms. The molecule has 0 heterocycles. The quantitative estimate of drug-likeness (QED) is 0.604. The lowest BCUT2D eigenvalue weighted by molar-refractivity contribution is -0.148. The smallest absolute Gasteiger partial charge is 0.331 e. The van der Waals surface area contributed by atoms with E-state index in [-0.39, 0.29) is 28.8 Å². The van der Waals surface area contributed by atoms with Crippen LogP contribution in [0.2, 0.25) is 0 Å². The van der Waals surface area contributed by atoms with Gasteiger partial charge in [0.2, 0.25) is 5.91 Å². The zero-order chi connectivity index (χ0) is 22.7. The summed E-state index contributed by atoms with van der Waals surface area (Å²) in [5.41, 5.74) is 0.989. The van der Waals surface area contributed by atoms with E-state index < -0.39 is 5.97 Å². The van der Waals surface area contributed by atoms with Crippen LogP contribution in [0, 0.1) is 40.4 Å². The van der Waals surface area contributed by atoms with Crippen LogP contribution in [0.1, 0.15) is 92.9 Å². The summed E-state index contributed by atoms with van der Waals surface area (Å²) in [6, 6.07) is 0.497. The summed E-state index contributed by atoms with van der Waals surface area (Å²) in [6.07, 6.45) is 10.7. The van der Waals surface area contributed by atoms with Crippen molar-refractivity contribution in [3.8, 4) is 0 Å². The van der Waals surface area contributed by atoms with Crippen molar-refractivity contribution in [1.82, 2.24) is 4.90 Å². The van der Waals surface area contributed by atoms with Crippen molar-refractivity contribution in [2.45, 2.75) is 105 Å². The van der Waals surface area contributed by atoms with E-state index in [0.717, 1.165) is 25.7 Å². The second kappa shape index (κ2) is 7.92. The molecule has 4 aliphatic carbocycles. The molecule has 0 saturated heterocycles. The number of carbonyl (C=O) groups is 2. The maximum absolute atomic E-state index is 13.7.